The van der Waals surface area contributed by atoms with E-state index in [9.17, 15) is 9.59 Å². The lowest BCUT2D eigenvalue weighted by molar-refractivity contribution is -0.136. The standard InChI is InChI=1S/C12H11N3O3S2/c16-8-4-9(15-11(14-8)6-1-2-6)20-12-13-7(5-19-12)3-10(17)18/h4-6H,1-3H2,(H,17,18)(H,14,15,16). The molecule has 0 aliphatic heterocycles. The number of aromatic amines is 1. The first kappa shape index (κ1) is 13.3. The third-order valence-corrected chi connectivity index (χ3v) is 4.66. The Hall–Kier alpha value is -1.67. The third-order valence-electron chi connectivity index (χ3n) is 2.76. The normalized spacial score (nSPS) is 14.4. The summed E-state index contributed by atoms with van der Waals surface area (Å²) >= 11 is 2.65. The van der Waals surface area contributed by atoms with Crippen LogP contribution in [0.5, 0.6) is 0 Å². The van der Waals surface area contributed by atoms with Crippen LogP contribution in [-0.2, 0) is 11.2 Å². The molecule has 1 aliphatic rings. The molecule has 0 atom stereocenters. The summed E-state index contributed by atoms with van der Waals surface area (Å²) < 4.78 is 0.695. The van der Waals surface area contributed by atoms with Crippen LogP contribution < -0.4 is 5.56 Å². The maximum atomic E-state index is 11.6. The highest BCUT2D eigenvalue weighted by molar-refractivity contribution is 8.01. The van der Waals surface area contributed by atoms with Crippen LogP contribution in [0.4, 0.5) is 0 Å². The van der Waals surface area contributed by atoms with Gasteiger partial charge < -0.3 is 10.1 Å². The Bertz CT molecular complexity index is 706. The van der Waals surface area contributed by atoms with Crippen molar-refractivity contribution in [2.75, 3.05) is 0 Å². The van der Waals surface area contributed by atoms with Crippen LogP contribution >= 0.6 is 23.1 Å². The SMILES string of the molecule is O=C(O)Cc1csc(Sc2cc(=O)[nH]c(C3CC3)n2)n1. The Labute approximate surface area is 122 Å². The Kier molecular flexibility index (Phi) is 3.58. The van der Waals surface area contributed by atoms with E-state index in [1.807, 2.05) is 0 Å². The molecule has 0 saturated heterocycles. The van der Waals surface area contributed by atoms with E-state index in [1.54, 1.807) is 5.38 Å². The Morgan fingerprint density at radius 3 is 3.00 bits per heavy atom. The minimum absolute atomic E-state index is 0.0901. The number of aromatic nitrogens is 3. The monoisotopic (exact) mass is 309 g/mol. The molecule has 3 rings (SSSR count). The van der Waals surface area contributed by atoms with Crippen molar-refractivity contribution < 1.29 is 9.90 Å². The zero-order chi connectivity index (χ0) is 14.1. The van der Waals surface area contributed by atoms with E-state index < -0.39 is 5.97 Å². The summed E-state index contributed by atoms with van der Waals surface area (Å²) in [7, 11) is 0. The number of rotatable bonds is 5. The van der Waals surface area contributed by atoms with Gasteiger partial charge in [-0.1, -0.05) is 0 Å². The summed E-state index contributed by atoms with van der Waals surface area (Å²) in [5, 5.41) is 11.0. The molecule has 0 bridgehead atoms. The predicted octanol–water partition coefficient (Wildman–Crippen LogP) is 1.88. The highest BCUT2D eigenvalue weighted by atomic mass is 32.2. The average molecular weight is 309 g/mol. The lowest BCUT2D eigenvalue weighted by Crippen LogP contribution is -2.09. The molecule has 6 nitrogen and oxygen atoms in total. The smallest absolute Gasteiger partial charge is 0.309 e. The van der Waals surface area contributed by atoms with E-state index in [0.717, 1.165) is 18.7 Å². The summed E-state index contributed by atoms with van der Waals surface area (Å²) in [6, 6.07) is 1.44. The number of carboxylic acids is 1. The van der Waals surface area contributed by atoms with Gasteiger partial charge in [-0.3, -0.25) is 9.59 Å². The van der Waals surface area contributed by atoms with Crippen LogP contribution in [0.25, 0.3) is 0 Å². The number of aliphatic carboxylic acids is 1. The fourth-order valence-electron chi connectivity index (χ4n) is 1.72. The number of nitrogens with zero attached hydrogens (tertiary/aromatic N) is 2. The second kappa shape index (κ2) is 5.37. The van der Waals surface area contributed by atoms with Crippen LogP contribution in [0, 0.1) is 0 Å². The molecule has 0 radical (unpaired) electrons. The van der Waals surface area contributed by atoms with Crippen LogP contribution in [0.3, 0.4) is 0 Å². The van der Waals surface area contributed by atoms with Gasteiger partial charge in [-0.2, -0.15) is 0 Å². The van der Waals surface area contributed by atoms with Crippen molar-refractivity contribution in [3.05, 3.63) is 33.3 Å². The lowest BCUT2D eigenvalue weighted by Gasteiger charge is -2.00. The number of hydrogen-bond donors (Lipinski definition) is 2. The van der Waals surface area contributed by atoms with Gasteiger partial charge >= 0.3 is 5.97 Å². The second-order valence-electron chi connectivity index (χ2n) is 4.52. The van der Waals surface area contributed by atoms with Crippen molar-refractivity contribution in [1.82, 2.24) is 15.0 Å². The lowest BCUT2D eigenvalue weighted by atomic mass is 10.3. The number of carbonyl (C=O) groups is 1. The quantitative estimate of drug-likeness (QED) is 0.819. The molecule has 0 amide bonds. The first-order valence-corrected chi connectivity index (χ1v) is 7.75. The number of nitrogens with one attached hydrogen (secondary N) is 1. The Morgan fingerprint density at radius 2 is 2.30 bits per heavy atom. The predicted molar refractivity (Wildman–Crippen MR) is 74.4 cm³/mol. The van der Waals surface area contributed by atoms with Gasteiger partial charge in [0.25, 0.3) is 5.56 Å². The largest absolute Gasteiger partial charge is 0.481 e. The van der Waals surface area contributed by atoms with Gasteiger partial charge in [-0.05, 0) is 24.6 Å². The van der Waals surface area contributed by atoms with Gasteiger partial charge in [0.1, 0.15) is 10.9 Å². The number of hydrogen-bond acceptors (Lipinski definition) is 6. The molecule has 2 aromatic heterocycles. The molecule has 2 N–H and O–H groups in total. The van der Waals surface area contributed by atoms with Gasteiger partial charge in [-0.15, -0.1) is 11.3 Å². The fraction of sp³-hybridized carbons (Fsp3) is 0.333. The molecule has 0 unspecified atom stereocenters. The van der Waals surface area contributed by atoms with Crippen molar-refractivity contribution in [3.8, 4) is 0 Å². The summed E-state index contributed by atoms with van der Waals surface area (Å²) in [5.74, 6) is 0.210. The number of H-pyrrole nitrogens is 1. The fourth-order valence-corrected chi connectivity index (χ4v) is 3.50. The number of carboxylic acid groups (broad SMARTS) is 1. The van der Waals surface area contributed by atoms with Crippen molar-refractivity contribution in [3.63, 3.8) is 0 Å². The zero-order valence-electron chi connectivity index (χ0n) is 10.3. The van der Waals surface area contributed by atoms with E-state index in [0.29, 0.717) is 21.0 Å². The Morgan fingerprint density at radius 1 is 1.50 bits per heavy atom. The molecule has 0 aromatic carbocycles. The molecular formula is C12H11N3O3S2. The molecular weight excluding hydrogens is 298 g/mol. The van der Waals surface area contributed by atoms with Crippen LogP contribution in [0.15, 0.2) is 25.6 Å². The van der Waals surface area contributed by atoms with Crippen molar-refractivity contribution >= 4 is 29.1 Å². The van der Waals surface area contributed by atoms with Gasteiger partial charge in [-0.25, -0.2) is 9.97 Å². The van der Waals surface area contributed by atoms with E-state index >= 15 is 0 Å². The Balaban J connectivity index is 1.78. The van der Waals surface area contributed by atoms with E-state index in [4.69, 9.17) is 5.11 Å². The molecule has 104 valence electrons. The van der Waals surface area contributed by atoms with Gasteiger partial charge in [0, 0.05) is 17.4 Å². The molecule has 20 heavy (non-hydrogen) atoms. The first-order chi connectivity index (χ1) is 9.60. The average Bonchev–Trinajstić information content (AvgIpc) is 3.12. The molecule has 1 aliphatic carbocycles. The molecule has 1 saturated carbocycles. The second-order valence-corrected chi connectivity index (χ2v) is 6.65. The number of thiazole rings is 1. The molecule has 8 heteroatoms. The molecule has 0 spiro atoms. The molecule has 2 heterocycles. The van der Waals surface area contributed by atoms with Crippen molar-refractivity contribution in [2.45, 2.75) is 34.5 Å². The van der Waals surface area contributed by atoms with E-state index in [1.165, 1.54) is 29.2 Å². The van der Waals surface area contributed by atoms with Gasteiger partial charge in [0.15, 0.2) is 4.34 Å². The van der Waals surface area contributed by atoms with Gasteiger partial charge in [0.2, 0.25) is 0 Å². The first-order valence-electron chi connectivity index (χ1n) is 6.05. The molecule has 1 fully saturated rings. The summed E-state index contributed by atoms with van der Waals surface area (Å²) in [4.78, 5) is 33.6. The minimum Gasteiger partial charge on any atom is -0.481 e. The maximum absolute atomic E-state index is 11.6. The zero-order valence-corrected chi connectivity index (χ0v) is 12.0. The van der Waals surface area contributed by atoms with Gasteiger partial charge in [0.05, 0.1) is 12.1 Å². The van der Waals surface area contributed by atoms with E-state index in [-0.39, 0.29) is 12.0 Å². The van der Waals surface area contributed by atoms with Crippen LogP contribution in [-0.4, -0.2) is 26.0 Å². The van der Waals surface area contributed by atoms with Crippen molar-refractivity contribution in [2.24, 2.45) is 0 Å². The van der Waals surface area contributed by atoms with Crippen LogP contribution in [0.1, 0.15) is 30.3 Å². The topological polar surface area (TPSA) is 95.9 Å². The minimum atomic E-state index is -0.905. The molecule has 2 aromatic rings. The highest BCUT2D eigenvalue weighted by Gasteiger charge is 2.26. The summed E-state index contributed by atoms with van der Waals surface area (Å²) in [6.45, 7) is 0. The third kappa shape index (κ3) is 3.26. The van der Waals surface area contributed by atoms with E-state index in [2.05, 4.69) is 15.0 Å². The van der Waals surface area contributed by atoms with Crippen LogP contribution in [0.2, 0.25) is 0 Å². The maximum Gasteiger partial charge on any atom is 0.309 e. The highest BCUT2D eigenvalue weighted by Crippen LogP contribution is 2.38. The summed E-state index contributed by atoms with van der Waals surface area (Å²) in [5.41, 5.74) is 0.365. The van der Waals surface area contributed by atoms with Crippen molar-refractivity contribution in [1.29, 1.82) is 0 Å². The summed E-state index contributed by atoms with van der Waals surface area (Å²) in [6.07, 6.45) is 2.04.